The lowest BCUT2D eigenvalue weighted by molar-refractivity contribution is -0.120. The predicted molar refractivity (Wildman–Crippen MR) is 114 cm³/mol. The number of anilines is 2. The normalized spacial score (nSPS) is 13.3. The first-order valence-electron chi connectivity index (χ1n) is 9.45. The molecule has 150 valence electrons. The van der Waals surface area contributed by atoms with E-state index in [1.165, 1.54) is 17.0 Å². The Hall–Kier alpha value is -3.87. The minimum Gasteiger partial charge on any atom is -0.325 e. The molecule has 0 saturated heterocycles. The monoisotopic (exact) mass is 402 g/mol. The van der Waals surface area contributed by atoms with Crippen LogP contribution in [0.3, 0.4) is 0 Å². The van der Waals surface area contributed by atoms with E-state index in [1.807, 2.05) is 30.3 Å². The Morgan fingerprint density at radius 2 is 1.93 bits per heavy atom. The number of nitrogens with zero attached hydrogens (tertiary/aromatic N) is 3. The van der Waals surface area contributed by atoms with Gasteiger partial charge in [-0.1, -0.05) is 30.3 Å². The average Bonchev–Trinajstić information content (AvgIpc) is 2.88. The molecule has 1 N–H and O–H groups in total. The zero-order chi connectivity index (χ0) is 21.1. The van der Waals surface area contributed by atoms with Crippen LogP contribution in [0.1, 0.15) is 17.5 Å². The number of aryl methyl sites for hydroxylation is 1. The highest BCUT2D eigenvalue weighted by atomic mass is 19.1. The highest BCUT2D eigenvalue weighted by Gasteiger charge is 2.27. The number of aliphatic imine (C=N–C) groups is 1. The van der Waals surface area contributed by atoms with Crippen LogP contribution in [0.5, 0.6) is 0 Å². The Morgan fingerprint density at radius 1 is 1.13 bits per heavy atom. The highest BCUT2D eigenvalue weighted by molar-refractivity contribution is 6.18. The first kappa shape index (κ1) is 19.4. The first-order chi connectivity index (χ1) is 14.5. The predicted octanol–water partition coefficient (Wildman–Crippen LogP) is 4.03. The molecule has 7 heteroatoms. The summed E-state index contributed by atoms with van der Waals surface area (Å²) in [6.45, 7) is 1.39. The molecule has 2 amide bonds. The van der Waals surface area contributed by atoms with Crippen LogP contribution in [0.15, 0.2) is 71.9 Å². The number of pyridine rings is 1. The molecule has 1 aliphatic heterocycles. The third kappa shape index (κ3) is 4.10. The van der Waals surface area contributed by atoms with Crippen molar-refractivity contribution in [3.8, 4) is 0 Å². The van der Waals surface area contributed by atoms with Gasteiger partial charge in [0, 0.05) is 11.9 Å². The molecule has 6 nitrogen and oxygen atoms in total. The Bertz CT molecular complexity index is 1140. The van der Waals surface area contributed by atoms with Gasteiger partial charge in [-0.05, 0) is 48.4 Å². The molecule has 1 aliphatic rings. The molecule has 30 heavy (non-hydrogen) atoms. The summed E-state index contributed by atoms with van der Waals surface area (Å²) in [6.07, 6.45) is 1.60. The summed E-state index contributed by atoms with van der Waals surface area (Å²) in [5, 5.41) is 2.71. The lowest BCUT2D eigenvalue weighted by atomic mass is 10.1. The third-order valence-electron chi connectivity index (χ3n) is 4.75. The van der Waals surface area contributed by atoms with E-state index in [9.17, 15) is 14.0 Å². The Balaban J connectivity index is 1.59. The summed E-state index contributed by atoms with van der Waals surface area (Å²) < 4.78 is 13.5. The van der Waals surface area contributed by atoms with E-state index >= 15 is 0 Å². The minimum atomic E-state index is -0.408. The molecule has 4 rings (SSSR count). The molecule has 0 spiro atoms. The molecule has 3 aromatic rings. The molecular weight excluding hydrogens is 383 g/mol. The van der Waals surface area contributed by atoms with Gasteiger partial charge >= 0.3 is 0 Å². The van der Waals surface area contributed by atoms with Gasteiger partial charge in [-0.2, -0.15) is 0 Å². The van der Waals surface area contributed by atoms with Gasteiger partial charge in [-0.15, -0.1) is 0 Å². The van der Waals surface area contributed by atoms with Gasteiger partial charge in [0.25, 0.3) is 0 Å². The molecule has 2 heterocycles. The number of carbonyl (C=O) groups is 2. The number of carbonyl (C=O) groups excluding carboxylic acids is 2. The molecule has 0 unspecified atom stereocenters. The summed E-state index contributed by atoms with van der Waals surface area (Å²) >= 11 is 0. The van der Waals surface area contributed by atoms with Crippen molar-refractivity contribution in [3.05, 3.63) is 83.8 Å². The number of benzene rings is 2. The number of aromatic nitrogens is 1. The van der Waals surface area contributed by atoms with Crippen molar-refractivity contribution in [2.24, 2.45) is 4.99 Å². The second-order valence-corrected chi connectivity index (χ2v) is 6.94. The van der Waals surface area contributed by atoms with Gasteiger partial charge in [0.05, 0.1) is 12.1 Å². The van der Waals surface area contributed by atoms with Gasteiger partial charge in [0.2, 0.25) is 11.8 Å². The molecule has 0 saturated carbocycles. The summed E-state index contributed by atoms with van der Waals surface area (Å²) in [6, 6.07) is 17.3. The van der Waals surface area contributed by atoms with Crippen molar-refractivity contribution in [1.29, 1.82) is 0 Å². The molecule has 0 radical (unpaired) electrons. The van der Waals surface area contributed by atoms with Gasteiger partial charge in [-0.25, -0.2) is 14.4 Å². The average molecular weight is 402 g/mol. The lowest BCUT2D eigenvalue weighted by Gasteiger charge is -2.20. The van der Waals surface area contributed by atoms with E-state index in [1.54, 1.807) is 31.3 Å². The molecule has 0 atom stereocenters. The van der Waals surface area contributed by atoms with Gasteiger partial charge in [0.15, 0.2) is 5.82 Å². The fraction of sp³-hybridized carbons (Fsp3) is 0.130. The largest absolute Gasteiger partial charge is 0.325 e. The van der Waals surface area contributed by atoms with Crippen molar-refractivity contribution in [2.75, 3.05) is 16.8 Å². The zero-order valence-corrected chi connectivity index (χ0v) is 16.3. The molecule has 0 aliphatic carbocycles. The van der Waals surface area contributed by atoms with Crippen LogP contribution < -0.4 is 10.2 Å². The maximum Gasteiger partial charge on any atom is 0.244 e. The van der Waals surface area contributed by atoms with Crippen molar-refractivity contribution < 1.29 is 14.0 Å². The van der Waals surface area contributed by atoms with Crippen molar-refractivity contribution in [2.45, 2.75) is 13.3 Å². The fourth-order valence-corrected chi connectivity index (χ4v) is 3.25. The van der Waals surface area contributed by atoms with Crippen LogP contribution in [0.2, 0.25) is 0 Å². The Labute approximate surface area is 173 Å². The van der Waals surface area contributed by atoms with Crippen LogP contribution in [0, 0.1) is 12.7 Å². The minimum absolute atomic E-state index is 0.0450. The number of nitrogens with one attached hydrogen (secondary N) is 1. The fourth-order valence-electron chi connectivity index (χ4n) is 3.25. The van der Waals surface area contributed by atoms with Gasteiger partial charge in [-0.3, -0.25) is 14.5 Å². The second kappa shape index (κ2) is 8.24. The maximum atomic E-state index is 13.5. The number of halogens is 1. The SMILES string of the molecule is Cc1cc(NC(=O)CN2C(=O)CC(c3ccccc3)=Nc3cccnc32)ccc1F. The smallest absolute Gasteiger partial charge is 0.244 e. The number of amides is 2. The second-order valence-electron chi connectivity index (χ2n) is 6.94. The highest BCUT2D eigenvalue weighted by Crippen LogP contribution is 2.30. The van der Waals surface area contributed by atoms with Crippen molar-refractivity contribution in [3.63, 3.8) is 0 Å². The molecule has 2 aromatic carbocycles. The summed E-state index contributed by atoms with van der Waals surface area (Å²) in [7, 11) is 0. The quantitative estimate of drug-likeness (QED) is 0.716. The molecular formula is C23H19FN4O2. The first-order valence-corrected chi connectivity index (χ1v) is 9.45. The summed E-state index contributed by atoms with van der Waals surface area (Å²) in [4.78, 5) is 35.9. The van der Waals surface area contributed by atoms with Crippen LogP contribution >= 0.6 is 0 Å². The number of rotatable bonds is 4. The van der Waals surface area contributed by atoms with E-state index in [0.29, 0.717) is 28.5 Å². The molecule has 0 fully saturated rings. The van der Waals surface area contributed by atoms with Gasteiger partial charge in [0.1, 0.15) is 18.0 Å². The van der Waals surface area contributed by atoms with Crippen LogP contribution in [-0.2, 0) is 9.59 Å². The third-order valence-corrected chi connectivity index (χ3v) is 4.75. The number of fused-ring (bicyclic) bond motifs is 1. The molecule has 1 aromatic heterocycles. The number of hydrogen-bond acceptors (Lipinski definition) is 4. The van der Waals surface area contributed by atoms with E-state index in [-0.39, 0.29) is 24.7 Å². The topological polar surface area (TPSA) is 74.7 Å². The van der Waals surface area contributed by atoms with Crippen LogP contribution in [-0.4, -0.2) is 29.1 Å². The standard InChI is InChI=1S/C23H19FN4O2/c1-15-12-17(9-10-18(15)24)26-21(29)14-28-22(30)13-20(16-6-3-2-4-7-16)27-19-8-5-11-25-23(19)28/h2-12H,13-14H2,1H3,(H,26,29). The summed E-state index contributed by atoms with van der Waals surface area (Å²) in [5.74, 6) is -0.701. The van der Waals surface area contributed by atoms with E-state index in [4.69, 9.17) is 0 Å². The lowest BCUT2D eigenvalue weighted by Crippen LogP contribution is -2.39. The van der Waals surface area contributed by atoms with Crippen LogP contribution in [0.25, 0.3) is 0 Å². The maximum absolute atomic E-state index is 13.5. The molecule has 0 bridgehead atoms. The summed E-state index contributed by atoms with van der Waals surface area (Å²) in [5.41, 5.74) is 2.86. The van der Waals surface area contributed by atoms with E-state index in [0.717, 1.165) is 5.56 Å². The van der Waals surface area contributed by atoms with E-state index in [2.05, 4.69) is 15.3 Å². The van der Waals surface area contributed by atoms with Crippen molar-refractivity contribution >= 4 is 34.7 Å². The van der Waals surface area contributed by atoms with Crippen molar-refractivity contribution in [1.82, 2.24) is 4.98 Å². The van der Waals surface area contributed by atoms with E-state index < -0.39 is 5.91 Å². The Morgan fingerprint density at radius 3 is 2.70 bits per heavy atom. The van der Waals surface area contributed by atoms with Gasteiger partial charge < -0.3 is 5.32 Å². The Kier molecular flexibility index (Phi) is 5.34. The van der Waals surface area contributed by atoms with Crippen LogP contribution in [0.4, 0.5) is 21.6 Å². The number of hydrogen-bond donors (Lipinski definition) is 1. The zero-order valence-electron chi connectivity index (χ0n) is 16.3.